The van der Waals surface area contributed by atoms with E-state index in [-0.39, 0.29) is 0 Å². The summed E-state index contributed by atoms with van der Waals surface area (Å²) in [7, 11) is 0. The molecule has 0 amide bonds. The SMILES string of the molecule is OC(CNC1CCN2CCCC2C1)COCc1cccs1. The molecule has 0 aromatic carbocycles. The molecule has 3 heterocycles. The van der Waals surface area contributed by atoms with Crippen LogP contribution in [0.1, 0.15) is 30.6 Å². The molecule has 2 fully saturated rings. The number of piperidine rings is 1. The highest BCUT2D eigenvalue weighted by Crippen LogP contribution is 2.26. The van der Waals surface area contributed by atoms with E-state index in [1.807, 2.05) is 11.4 Å². The van der Waals surface area contributed by atoms with E-state index in [1.165, 1.54) is 43.6 Å². The first kappa shape index (κ1) is 15.4. The van der Waals surface area contributed by atoms with Crippen molar-refractivity contribution in [2.24, 2.45) is 0 Å². The van der Waals surface area contributed by atoms with Gasteiger partial charge < -0.3 is 20.1 Å². The Balaban J connectivity index is 1.29. The zero-order valence-electron chi connectivity index (χ0n) is 12.5. The molecule has 2 N–H and O–H groups in total. The molecule has 118 valence electrons. The molecule has 4 nitrogen and oxygen atoms in total. The van der Waals surface area contributed by atoms with E-state index in [9.17, 15) is 5.11 Å². The average Bonchev–Trinajstić information content (AvgIpc) is 3.15. The summed E-state index contributed by atoms with van der Waals surface area (Å²) in [6.45, 7) is 4.16. The summed E-state index contributed by atoms with van der Waals surface area (Å²) in [5.41, 5.74) is 0. The van der Waals surface area contributed by atoms with Gasteiger partial charge in [-0.3, -0.25) is 0 Å². The van der Waals surface area contributed by atoms with Gasteiger partial charge in [0.1, 0.15) is 0 Å². The molecular weight excluding hydrogens is 284 g/mol. The average molecular weight is 310 g/mol. The summed E-state index contributed by atoms with van der Waals surface area (Å²) in [6, 6.07) is 5.43. The monoisotopic (exact) mass is 310 g/mol. The van der Waals surface area contributed by atoms with Gasteiger partial charge in [0.05, 0.1) is 19.3 Å². The van der Waals surface area contributed by atoms with Gasteiger partial charge in [0.2, 0.25) is 0 Å². The Morgan fingerprint density at radius 2 is 2.38 bits per heavy atom. The highest BCUT2D eigenvalue weighted by atomic mass is 32.1. The molecule has 0 saturated carbocycles. The molecule has 2 aliphatic rings. The van der Waals surface area contributed by atoms with Gasteiger partial charge in [0.25, 0.3) is 0 Å². The maximum Gasteiger partial charge on any atom is 0.0897 e. The molecular formula is C16H26N2O2S. The first-order valence-corrected chi connectivity index (χ1v) is 8.95. The fraction of sp³-hybridized carbons (Fsp3) is 0.750. The van der Waals surface area contributed by atoms with Crippen LogP contribution >= 0.6 is 11.3 Å². The Bertz CT molecular complexity index is 412. The molecule has 3 rings (SSSR count). The Labute approximate surface area is 131 Å². The summed E-state index contributed by atoms with van der Waals surface area (Å²) in [6.07, 6.45) is 4.75. The van der Waals surface area contributed by atoms with Gasteiger partial charge >= 0.3 is 0 Å². The molecule has 0 bridgehead atoms. The molecule has 1 aromatic heterocycles. The Kier molecular flexibility index (Phi) is 5.66. The molecule has 0 radical (unpaired) electrons. The summed E-state index contributed by atoms with van der Waals surface area (Å²) < 4.78 is 5.56. The quantitative estimate of drug-likeness (QED) is 0.807. The maximum absolute atomic E-state index is 10.0. The lowest BCUT2D eigenvalue weighted by atomic mass is 9.97. The second-order valence-corrected chi connectivity index (χ2v) is 7.24. The fourth-order valence-corrected chi connectivity index (χ4v) is 4.10. The van der Waals surface area contributed by atoms with Crippen LogP contribution in [0.15, 0.2) is 17.5 Å². The standard InChI is InChI=1S/C16H26N2O2S/c19-15(11-20-12-16-4-2-8-21-16)10-17-13-5-7-18-6-1-3-14(18)9-13/h2,4,8,13-15,17,19H,1,3,5-7,9-12H2. The summed E-state index contributed by atoms with van der Waals surface area (Å²) in [5.74, 6) is 0. The van der Waals surface area contributed by atoms with Crippen molar-refractivity contribution in [1.29, 1.82) is 0 Å². The molecule has 2 saturated heterocycles. The van der Waals surface area contributed by atoms with Gasteiger partial charge in [0, 0.05) is 23.5 Å². The van der Waals surface area contributed by atoms with Gasteiger partial charge in [-0.1, -0.05) is 6.07 Å². The van der Waals surface area contributed by atoms with Crippen molar-refractivity contribution in [2.75, 3.05) is 26.2 Å². The largest absolute Gasteiger partial charge is 0.389 e. The van der Waals surface area contributed by atoms with Crippen LogP contribution in [-0.4, -0.2) is 54.4 Å². The van der Waals surface area contributed by atoms with Crippen LogP contribution in [0, 0.1) is 0 Å². The van der Waals surface area contributed by atoms with Gasteiger partial charge in [0.15, 0.2) is 0 Å². The van der Waals surface area contributed by atoms with Crippen LogP contribution in [-0.2, 0) is 11.3 Å². The van der Waals surface area contributed by atoms with Crippen LogP contribution < -0.4 is 5.32 Å². The summed E-state index contributed by atoms with van der Waals surface area (Å²) in [4.78, 5) is 3.84. The Morgan fingerprint density at radius 3 is 3.24 bits per heavy atom. The third kappa shape index (κ3) is 4.50. The van der Waals surface area contributed by atoms with Crippen LogP contribution in [0.3, 0.4) is 0 Å². The van der Waals surface area contributed by atoms with Crippen LogP contribution in [0.25, 0.3) is 0 Å². The molecule has 1 aromatic rings. The van der Waals surface area contributed by atoms with Crippen LogP contribution in [0.4, 0.5) is 0 Å². The number of nitrogens with one attached hydrogen (secondary N) is 1. The van der Waals surface area contributed by atoms with E-state index >= 15 is 0 Å². The number of hydrogen-bond donors (Lipinski definition) is 2. The molecule has 3 unspecified atom stereocenters. The maximum atomic E-state index is 10.0. The van der Waals surface area contributed by atoms with Crippen LogP contribution in [0.5, 0.6) is 0 Å². The lowest BCUT2D eigenvalue weighted by molar-refractivity contribution is 0.0267. The number of aliphatic hydroxyl groups is 1. The number of ether oxygens (including phenoxy) is 1. The second kappa shape index (κ2) is 7.70. The minimum Gasteiger partial charge on any atom is -0.389 e. The molecule has 21 heavy (non-hydrogen) atoms. The van der Waals surface area contributed by atoms with E-state index in [4.69, 9.17) is 4.74 Å². The third-order valence-corrected chi connectivity index (χ3v) is 5.45. The molecule has 2 aliphatic heterocycles. The van der Waals surface area contributed by atoms with E-state index < -0.39 is 6.10 Å². The van der Waals surface area contributed by atoms with Crippen molar-refractivity contribution in [3.63, 3.8) is 0 Å². The zero-order chi connectivity index (χ0) is 14.5. The van der Waals surface area contributed by atoms with Crippen molar-refractivity contribution in [2.45, 2.75) is 50.5 Å². The van der Waals surface area contributed by atoms with Crippen molar-refractivity contribution in [1.82, 2.24) is 10.2 Å². The summed E-state index contributed by atoms with van der Waals surface area (Å²) in [5, 5.41) is 15.6. The number of hydrogen-bond acceptors (Lipinski definition) is 5. The first-order chi connectivity index (χ1) is 10.3. The molecule has 3 atom stereocenters. The van der Waals surface area contributed by atoms with Crippen molar-refractivity contribution in [3.05, 3.63) is 22.4 Å². The molecule has 0 spiro atoms. The summed E-state index contributed by atoms with van der Waals surface area (Å²) >= 11 is 1.69. The zero-order valence-corrected chi connectivity index (χ0v) is 13.4. The van der Waals surface area contributed by atoms with Gasteiger partial charge in [-0.2, -0.15) is 0 Å². The fourth-order valence-electron chi connectivity index (χ4n) is 3.46. The lowest BCUT2D eigenvalue weighted by Crippen LogP contribution is -2.47. The lowest BCUT2D eigenvalue weighted by Gasteiger charge is -2.35. The van der Waals surface area contributed by atoms with E-state index in [0.717, 1.165) is 6.04 Å². The van der Waals surface area contributed by atoms with Crippen molar-refractivity contribution < 1.29 is 9.84 Å². The van der Waals surface area contributed by atoms with Crippen molar-refractivity contribution >= 4 is 11.3 Å². The number of thiophene rings is 1. The minimum absolute atomic E-state index is 0.410. The van der Waals surface area contributed by atoms with Gasteiger partial charge in [-0.25, -0.2) is 0 Å². The van der Waals surface area contributed by atoms with Crippen molar-refractivity contribution in [3.8, 4) is 0 Å². The molecule has 5 heteroatoms. The number of fused-ring (bicyclic) bond motifs is 1. The second-order valence-electron chi connectivity index (χ2n) is 6.21. The smallest absolute Gasteiger partial charge is 0.0897 e. The predicted molar refractivity (Wildman–Crippen MR) is 85.6 cm³/mol. The van der Waals surface area contributed by atoms with E-state index in [1.54, 1.807) is 11.3 Å². The highest BCUT2D eigenvalue weighted by molar-refractivity contribution is 7.09. The van der Waals surface area contributed by atoms with Gasteiger partial charge in [-0.05, 0) is 50.2 Å². The number of aliphatic hydroxyl groups excluding tert-OH is 1. The van der Waals surface area contributed by atoms with E-state index in [0.29, 0.717) is 25.8 Å². The predicted octanol–water partition coefficient (Wildman–Crippen LogP) is 1.84. The van der Waals surface area contributed by atoms with Gasteiger partial charge in [-0.15, -0.1) is 11.3 Å². The Hall–Kier alpha value is -0.460. The minimum atomic E-state index is -0.411. The normalized spacial score (nSPS) is 27.7. The highest BCUT2D eigenvalue weighted by Gasteiger charge is 2.31. The number of nitrogens with zero attached hydrogens (tertiary/aromatic N) is 1. The molecule has 0 aliphatic carbocycles. The van der Waals surface area contributed by atoms with E-state index in [2.05, 4.69) is 16.3 Å². The third-order valence-electron chi connectivity index (χ3n) is 4.60. The first-order valence-electron chi connectivity index (χ1n) is 8.07. The van der Waals surface area contributed by atoms with Crippen LogP contribution in [0.2, 0.25) is 0 Å². The topological polar surface area (TPSA) is 44.7 Å². The number of rotatable bonds is 7. The Morgan fingerprint density at radius 1 is 1.43 bits per heavy atom.